The molecule has 0 fully saturated rings. The molecule has 138 valence electrons. The molecule has 0 spiro atoms. The highest BCUT2D eigenvalue weighted by molar-refractivity contribution is 6.46. The highest BCUT2D eigenvalue weighted by Crippen LogP contribution is 2.34. The van der Waals surface area contributed by atoms with Crippen LogP contribution in [-0.4, -0.2) is 16.6 Å². The van der Waals surface area contributed by atoms with Crippen LogP contribution in [0.2, 0.25) is 15.2 Å². The molecule has 1 amide bonds. The molecule has 1 aromatic carbocycles. The van der Waals surface area contributed by atoms with E-state index in [-0.39, 0.29) is 32.0 Å². The zero-order valence-electron chi connectivity index (χ0n) is 14.8. The first-order valence-electron chi connectivity index (χ1n) is 7.78. The number of aromatic nitrogens is 1. The molecule has 0 radical (unpaired) electrons. The minimum atomic E-state index is -0.633. The molecule has 2 aromatic rings. The molecule has 0 aliphatic rings. The van der Waals surface area contributed by atoms with Crippen molar-refractivity contribution in [2.75, 3.05) is 5.73 Å². The van der Waals surface area contributed by atoms with Crippen molar-refractivity contribution in [3.8, 4) is 0 Å². The zero-order valence-corrected chi connectivity index (χ0v) is 17.1. The smallest absolute Gasteiger partial charge is 0.291 e. The number of pyridine rings is 1. The topological polar surface area (TPSA) is 80.4 Å². The van der Waals surface area contributed by atoms with E-state index in [2.05, 4.69) is 36.3 Å². The first-order valence-corrected chi connectivity index (χ1v) is 8.91. The van der Waals surface area contributed by atoms with Crippen LogP contribution in [-0.2, 0) is 5.41 Å². The fourth-order valence-electron chi connectivity index (χ4n) is 2.15. The van der Waals surface area contributed by atoms with Crippen LogP contribution in [0.4, 0.5) is 5.69 Å². The molecular weight excluding hydrogens is 395 g/mol. The second kappa shape index (κ2) is 7.82. The van der Waals surface area contributed by atoms with Gasteiger partial charge >= 0.3 is 0 Å². The number of anilines is 1. The van der Waals surface area contributed by atoms with Gasteiger partial charge < -0.3 is 5.73 Å². The predicted octanol–water partition coefficient (Wildman–Crippen LogP) is 5.08. The summed E-state index contributed by atoms with van der Waals surface area (Å²) in [5.41, 5.74) is 10.8. The van der Waals surface area contributed by atoms with Crippen LogP contribution < -0.4 is 11.2 Å². The predicted molar refractivity (Wildman–Crippen MR) is 108 cm³/mol. The molecule has 0 aliphatic heterocycles. The van der Waals surface area contributed by atoms with Crippen LogP contribution in [0, 0.1) is 0 Å². The highest BCUT2D eigenvalue weighted by Gasteiger charge is 2.19. The average Bonchev–Trinajstić information content (AvgIpc) is 2.60. The van der Waals surface area contributed by atoms with Crippen molar-refractivity contribution in [3.63, 3.8) is 0 Å². The van der Waals surface area contributed by atoms with Crippen molar-refractivity contribution in [2.45, 2.75) is 33.1 Å². The van der Waals surface area contributed by atoms with Crippen molar-refractivity contribution < 1.29 is 4.79 Å². The number of nitrogen functional groups attached to an aromatic ring is 1. The molecule has 26 heavy (non-hydrogen) atoms. The second-order valence-electron chi connectivity index (χ2n) is 6.76. The Morgan fingerprint density at radius 3 is 2.23 bits per heavy atom. The minimum Gasteiger partial charge on any atom is -0.396 e. The number of nitrogens with zero attached hydrogens (tertiary/aromatic N) is 2. The van der Waals surface area contributed by atoms with Crippen molar-refractivity contribution in [2.24, 2.45) is 5.10 Å². The van der Waals surface area contributed by atoms with Gasteiger partial charge in [0.1, 0.15) is 5.02 Å². The van der Waals surface area contributed by atoms with E-state index in [1.165, 1.54) is 5.56 Å². The molecule has 0 bridgehead atoms. The first-order chi connectivity index (χ1) is 12.0. The summed E-state index contributed by atoms with van der Waals surface area (Å²) < 4.78 is 0. The molecule has 2 rings (SSSR count). The van der Waals surface area contributed by atoms with E-state index in [4.69, 9.17) is 40.5 Å². The normalized spacial score (nSPS) is 12.2. The van der Waals surface area contributed by atoms with Crippen LogP contribution in [0.5, 0.6) is 0 Å². The van der Waals surface area contributed by atoms with E-state index in [1.54, 1.807) is 6.92 Å². The Morgan fingerprint density at radius 2 is 1.69 bits per heavy atom. The van der Waals surface area contributed by atoms with E-state index >= 15 is 0 Å². The summed E-state index contributed by atoms with van der Waals surface area (Å²) in [4.78, 5) is 16.1. The summed E-state index contributed by atoms with van der Waals surface area (Å²) >= 11 is 17.7. The molecule has 0 saturated heterocycles. The molecule has 5 nitrogen and oxygen atoms in total. The standard InChI is InChI=1S/C18H19Cl3N4O/c1-9(10-5-7-11(8-6-10)18(2,3)4)24-25-17(26)15-12(19)14(22)13(20)16(21)23-15/h5-8H,1-4H3,(H2,22,23)(H,25,26)/b24-9+. The number of carbonyl (C=O) groups excluding carboxylic acids is 1. The molecule has 1 aromatic heterocycles. The second-order valence-corrected chi connectivity index (χ2v) is 7.87. The van der Waals surface area contributed by atoms with Crippen LogP contribution in [0.15, 0.2) is 29.4 Å². The Bertz CT molecular complexity index is 871. The average molecular weight is 414 g/mol. The van der Waals surface area contributed by atoms with Crippen LogP contribution in [0.3, 0.4) is 0 Å². The van der Waals surface area contributed by atoms with E-state index < -0.39 is 5.91 Å². The first kappa shape index (κ1) is 20.5. The van der Waals surface area contributed by atoms with Gasteiger partial charge in [0.15, 0.2) is 10.8 Å². The van der Waals surface area contributed by atoms with Gasteiger partial charge in [-0.05, 0) is 23.5 Å². The van der Waals surface area contributed by atoms with E-state index in [0.717, 1.165) is 5.56 Å². The van der Waals surface area contributed by atoms with Gasteiger partial charge in [0.05, 0.1) is 16.4 Å². The molecule has 3 N–H and O–H groups in total. The third-order valence-corrected chi connectivity index (χ3v) is 4.92. The Hall–Kier alpha value is -1.82. The SMILES string of the molecule is C/C(=N\NC(=O)c1nc(Cl)c(Cl)c(N)c1Cl)c1ccc(C(C)(C)C)cc1. The maximum absolute atomic E-state index is 12.3. The van der Waals surface area contributed by atoms with Crippen molar-refractivity contribution >= 4 is 52.1 Å². The summed E-state index contributed by atoms with van der Waals surface area (Å²) in [6.45, 7) is 8.21. The molecule has 0 aliphatic carbocycles. The molecule has 1 heterocycles. The number of amides is 1. The van der Waals surface area contributed by atoms with Gasteiger partial charge in [-0.25, -0.2) is 10.4 Å². The van der Waals surface area contributed by atoms with Crippen molar-refractivity contribution in [3.05, 3.63) is 56.3 Å². The Morgan fingerprint density at radius 1 is 1.12 bits per heavy atom. The zero-order chi connectivity index (χ0) is 19.6. The quantitative estimate of drug-likeness (QED) is 0.418. The third kappa shape index (κ3) is 4.47. The summed E-state index contributed by atoms with van der Waals surface area (Å²) in [7, 11) is 0. The fraction of sp³-hybridized carbons (Fsp3) is 0.278. The van der Waals surface area contributed by atoms with Crippen LogP contribution >= 0.6 is 34.8 Å². The van der Waals surface area contributed by atoms with Gasteiger partial charge in [-0.2, -0.15) is 5.10 Å². The Kier molecular flexibility index (Phi) is 6.17. The number of carbonyl (C=O) groups is 1. The van der Waals surface area contributed by atoms with Gasteiger partial charge in [-0.15, -0.1) is 0 Å². The molecule has 0 unspecified atom stereocenters. The maximum atomic E-state index is 12.3. The monoisotopic (exact) mass is 412 g/mol. The van der Waals surface area contributed by atoms with E-state index in [0.29, 0.717) is 5.71 Å². The molecule has 8 heteroatoms. The fourth-order valence-corrected chi connectivity index (χ4v) is 2.74. The Labute approximate surface area is 167 Å². The lowest BCUT2D eigenvalue weighted by molar-refractivity contribution is 0.0950. The summed E-state index contributed by atoms with van der Waals surface area (Å²) in [5, 5.41) is 3.92. The largest absolute Gasteiger partial charge is 0.396 e. The number of benzene rings is 1. The number of halogens is 3. The number of rotatable bonds is 3. The maximum Gasteiger partial charge on any atom is 0.291 e. The molecular formula is C18H19Cl3N4O. The number of hydrazone groups is 1. The summed E-state index contributed by atoms with van der Waals surface area (Å²) in [6.07, 6.45) is 0. The third-order valence-electron chi connectivity index (χ3n) is 3.78. The lowest BCUT2D eigenvalue weighted by atomic mass is 9.86. The lowest BCUT2D eigenvalue weighted by Crippen LogP contribution is -2.21. The van der Waals surface area contributed by atoms with Gasteiger partial charge in [0.2, 0.25) is 0 Å². The molecule has 0 atom stereocenters. The van der Waals surface area contributed by atoms with Gasteiger partial charge in [-0.1, -0.05) is 79.8 Å². The van der Waals surface area contributed by atoms with Gasteiger partial charge in [0.25, 0.3) is 5.91 Å². The van der Waals surface area contributed by atoms with Crippen LogP contribution in [0.1, 0.15) is 49.3 Å². The summed E-state index contributed by atoms with van der Waals surface area (Å²) in [6, 6.07) is 7.98. The number of hydrogen-bond donors (Lipinski definition) is 2. The van der Waals surface area contributed by atoms with E-state index in [1.807, 2.05) is 24.3 Å². The van der Waals surface area contributed by atoms with Crippen molar-refractivity contribution in [1.29, 1.82) is 0 Å². The number of nitrogens with two attached hydrogens (primary N) is 1. The number of nitrogens with one attached hydrogen (secondary N) is 1. The van der Waals surface area contributed by atoms with Crippen LogP contribution in [0.25, 0.3) is 0 Å². The highest BCUT2D eigenvalue weighted by atomic mass is 35.5. The lowest BCUT2D eigenvalue weighted by Gasteiger charge is -2.19. The van der Waals surface area contributed by atoms with Gasteiger partial charge in [0, 0.05) is 0 Å². The Balaban J connectivity index is 2.20. The number of hydrogen-bond acceptors (Lipinski definition) is 4. The molecule has 0 saturated carbocycles. The van der Waals surface area contributed by atoms with E-state index in [9.17, 15) is 4.79 Å². The minimum absolute atomic E-state index is 0.00282. The summed E-state index contributed by atoms with van der Waals surface area (Å²) in [5.74, 6) is -0.633. The van der Waals surface area contributed by atoms with Gasteiger partial charge in [-0.3, -0.25) is 4.79 Å². The van der Waals surface area contributed by atoms with Crippen molar-refractivity contribution in [1.82, 2.24) is 10.4 Å².